The highest BCUT2D eigenvalue weighted by atomic mass is 16.5. The van der Waals surface area contributed by atoms with Gasteiger partial charge in [0, 0.05) is 43.9 Å². The van der Waals surface area contributed by atoms with E-state index >= 15 is 0 Å². The molecule has 0 aromatic heterocycles. The minimum absolute atomic E-state index is 0.0545. The van der Waals surface area contributed by atoms with Crippen molar-refractivity contribution >= 4 is 17.4 Å². The molecule has 29 heavy (non-hydrogen) atoms. The van der Waals surface area contributed by atoms with Gasteiger partial charge in [-0.25, -0.2) is 0 Å². The molecule has 1 saturated heterocycles. The average Bonchev–Trinajstić information content (AvgIpc) is 2.70. The molecule has 154 valence electrons. The molecule has 0 spiro atoms. The number of ketones is 1. The van der Waals surface area contributed by atoms with Gasteiger partial charge in [-0.15, -0.1) is 0 Å². The van der Waals surface area contributed by atoms with Crippen LogP contribution in [0.5, 0.6) is 5.75 Å². The number of carbonyl (C=O) groups excluding carboxylic acids is 2. The van der Waals surface area contributed by atoms with Gasteiger partial charge in [-0.3, -0.25) is 19.4 Å². The number of ether oxygens (including phenoxy) is 1. The predicted octanol–water partition coefficient (Wildman–Crippen LogP) is 2.96. The molecule has 2 aromatic carbocycles. The van der Waals surface area contributed by atoms with Crippen molar-refractivity contribution in [3.63, 3.8) is 0 Å². The van der Waals surface area contributed by atoms with E-state index in [2.05, 4.69) is 34.2 Å². The van der Waals surface area contributed by atoms with Crippen molar-refractivity contribution in [2.45, 2.75) is 20.4 Å². The van der Waals surface area contributed by atoms with Crippen molar-refractivity contribution in [2.75, 3.05) is 45.2 Å². The summed E-state index contributed by atoms with van der Waals surface area (Å²) < 4.78 is 5.48. The fourth-order valence-corrected chi connectivity index (χ4v) is 3.67. The summed E-state index contributed by atoms with van der Waals surface area (Å²) in [5.74, 6) is 0.773. The van der Waals surface area contributed by atoms with Crippen LogP contribution in [-0.2, 0) is 11.3 Å². The summed E-state index contributed by atoms with van der Waals surface area (Å²) in [4.78, 5) is 28.7. The number of amides is 1. The van der Waals surface area contributed by atoms with Crippen LogP contribution in [0, 0.1) is 6.92 Å². The van der Waals surface area contributed by atoms with Gasteiger partial charge >= 0.3 is 0 Å². The van der Waals surface area contributed by atoms with Crippen LogP contribution in [0.15, 0.2) is 42.5 Å². The summed E-state index contributed by atoms with van der Waals surface area (Å²) in [6.07, 6.45) is 0. The monoisotopic (exact) mass is 395 g/mol. The lowest BCUT2D eigenvalue weighted by atomic mass is 10.1. The predicted molar refractivity (Wildman–Crippen MR) is 115 cm³/mol. The normalized spacial score (nSPS) is 15.1. The first kappa shape index (κ1) is 21.0. The summed E-state index contributed by atoms with van der Waals surface area (Å²) in [7, 11) is 1.70. The number of piperazine rings is 1. The number of aryl methyl sites for hydroxylation is 1. The first-order chi connectivity index (χ1) is 14.0. The molecule has 0 atom stereocenters. The first-order valence-electron chi connectivity index (χ1n) is 9.94. The Kier molecular flexibility index (Phi) is 7.01. The molecule has 0 radical (unpaired) electrons. The zero-order chi connectivity index (χ0) is 20.8. The lowest BCUT2D eigenvalue weighted by Gasteiger charge is -2.34. The number of nitrogens with zero attached hydrogens (tertiary/aromatic N) is 2. The van der Waals surface area contributed by atoms with Gasteiger partial charge in [0.25, 0.3) is 0 Å². The molecule has 1 heterocycles. The van der Waals surface area contributed by atoms with E-state index in [1.807, 2.05) is 12.1 Å². The molecular formula is C23H29N3O3. The van der Waals surface area contributed by atoms with E-state index in [0.717, 1.165) is 38.5 Å². The maximum Gasteiger partial charge on any atom is 0.238 e. The second-order valence-corrected chi connectivity index (χ2v) is 7.52. The van der Waals surface area contributed by atoms with E-state index in [1.54, 1.807) is 25.3 Å². The molecule has 3 rings (SSSR count). The van der Waals surface area contributed by atoms with Gasteiger partial charge < -0.3 is 10.1 Å². The number of carbonyl (C=O) groups is 2. The van der Waals surface area contributed by atoms with Crippen molar-refractivity contribution in [1.29, 1.82) is 0 Å². The van der Waals surface area contributed by atoms with Gasteiger partial charge in [0.15, 0.2) is 5.78 Å². The van der Waals surface area contributed by atoms with Gasteiger partial charge in [0.2, 0.25) is 5.91 Å². The molecule has 0 bridgehead atoms. The van der Waals surface area contributed by atoms with E-state index < -0.39 is 0 Å². The zero-order valence-electron chi connectivity index (χ0n) is 17.4. The topological polar surface area (TPSA) is 61.9 Å². The molecule has 1 amide bonds. The van der Waals surface area contributed by atoms with Gasteiger partial charge in [0.1, 0.15) is 5.75 Å². The fraction of sp³-hybridized carbons (Fsp3) is 0.391. The van der Waals surface area contributed by atoms with E-state index in [4.69, 9.17) is 4.74 Å². The summed E-state index contributed by atoms with van der Waals surface area (Å²) in [6.45, 7) is 8.22. The smallest absolute Gasteiger partial charge is 0.238 e. The molecule has 1 aliphatic heterocycles. The van der Waals surface area contributed by atoms with Crippen LogP contribution >= 0.6 is 0 Å². The third kappa shape index (κ3) is 5.65. The van der Waals surface area contributed by atoms with Crippen LogP contribution in [0.1, 0.15) is 28.4 Å². The first-order valence-corrected chi connectivity index (χ1v) is 9.94. The Morgan fingerprint density at radius 1 is 1.03 bits per heavy atom. The summed E-state index contributed by atoms with van der Waals surface area (Å²) in [6, 6.07) is 13.4. The van der Waals surface area contributed by atoms with E-state index in [-0.39, 0.29) is 11.7 Å². The molecule has 2 aromatic rings. The number of hydrogen-bond donors (Lipinski definition) is 1. The maximum absolute atomic E-state index is 12.5. The van der Waals surface area contributed by atoms with E-state index in [1.165, 1.54) is 18.1 Å². The Bertz CT molecular complexity index is 873. The summed E-state index contributed by atoms with van der Waals surface area (Å²) in [5, 5.41) is 2.88. The molecule has 1 fully saturated rings. The number of Topliss-reactive ketones (excluding diaryl/α,β-unsaturated/α-hetero) is 1. The lowest BCUT2D eigenvalue weighted by Crippen LogP contribution is -2.48. The van der Waals surface area contributed by atoms with Crippen molar-refractivity contribution in [3.05, 3.63) is 59.2 Å². The van der Waals surface area contributed by atoms with E-state index in [9.17, 15) is 9.59 Å². The van der Waals surface area contributed by atoms with Gasteiger partial charge in [-0.05, 0) is 32.0 Å². The van der Waals surface area contributed by atoms with Gasteiger partial charge in [-0.1, -0.05) is 29.8 Å². The average molecular weight is 396 g/mol. The Labute approximate surface area is 172 Å². The number of benzene rings is 2. The van der Waals surface area contributed by atoms with Crippen LogP contribution in [0.4, 0.5) is 5.69 Å². The third-order valence-electron chi connectivity index (χ3n) is 5.24. The molecule has 0 aliphatic carbocycles. The standard InChI is InChI=1S/C23H29N3O3/c1-17-8-9-22(29-3)19(14-17)15-25-10-12-26(13-11-25)16-23(28)24-21-7-5-4-6-20(21)18(2)27/h4-9,14H,10-13,15-16H2,1-3H3,(H,24,28). The highest BCUT2D eigenvalue weighted by Crippen LogP contribution is 2.22. The van der Waals surface area contributed by atoms with Crippen LogP contribution in [0.25, 0.3) is 0 Å². The SMILES string of the molecule is COc1ccc(C)cc1CN1CCN(CC(=O)Nc2ccccc2C(C)=O)CC1. The molecule has 1 aliphatic rings. The summed E-state index contributed by atoms with van der Waals surface area (Å²) in [5.41, 5.74) is 3.54. The number of rotatable bonds is 7. The third-order valence-corrected chi connectivity index (χ3v) is 5.24. The van der Waals surface area contributed by atoms with Crippen LogP contribution in [-0.4, -0.2) is 61.3 Å². The highest BCUT2D eigenvalue weighted by molar-refractivity contribution is 6.04. The molecule has 6 heteroatoms. The fourth-order valence-electron chi connectivity index (χ4n) is 3.67. The Morgan fingerprint density at radius 3 is 2.41 bits per heavy atom. The highest BCUT2D eigenvalue weighted by Gasteiger charge is 2.20. The number of methoxy groups -OCH3 is 1. The van der Waals surface area contributed by atoms with E-state index in [0.29, 0.717) is 17.8 Å². The van der Waals surface area contributed by atoms with Crippen molar-refractivity contribution in [3.8, 4) is 5.75 Å². The summed E-state index contributed by atoms with van der Waals surface area (Å²) >= 11 is 0. The molecule has 0 unspecified atom stereocenters. The molecule has 1 N–H and O–H groups in total. The number of anilines is 1. The van der Waals surface area contributed by atoms with Crippen LogP contribution in [0.3, 0.4) is 0 Å². The molecular weight excluding hydrogens is 366 g/mol. The molecule has 0 saturated carbocycles. The van der Waals surface area contributed by atoms with Crippen LogP contribution < -0.4 is 10.1 Å². The molecule has 6 nitrogen and oxygen atoms in total. The largest absolute Gasteiger partial charge is 0.496 e. The Hall–Kier alpha value is -2.70. The quantitative estimate of drug-likeness (QED) is 0.731. The Balaban J connectivity index is 1.51. The number of hydrogen-bond acceptors (Lipinski definition) is 5. The lowest BCUT2D eigenvalue weighted by molar-refractivity contribution is -0.117. The minimum atomic E-state index is -0.0903. The number of para-hydroxylation sites is 1. The Morgan fingerprint density at radius 2 is 1.72 bits per heavy atom. The second kappa shape index (κ2) is 9.67. The van der Waals surface area contributed by atoms with Crippen molar-refractivity contribution < 1.29 is 14.3 Å². The van der Waals surface area contributed by atoms with Crippen molar-refractivity contribution in [2.24, 2.45) is 0 Å². The number of nitrogens with one attached hydrogen (secondary N) is 1. The van der Waals surface area contributed by atoms with Gasteiger partial charge in [0.05, 0.1) is 19.3 Å². The zero-order valence-corrected chi connectivity index (χ0v) is 17.4. The maximum atomic E-state index is 12.5. The second-order valence-electron chi connectivity index (χ2n) is 7.52. The van der Waals surface area contributed by atoms with Crippen LogP contribution in [0.2, 0.25) is 0 Å². The minimum Gasteiger partial charge on any atom is -0.496 e. The van der Waals surface area contributed by atoms with Crippen molar-refractivity contribution in [1.82, 2.24) is 9.80 Å². The van der Waals surface area contributed by atoms with Gasteiger partial charge in [-0.2, -0.15) is 0 Å².